The lowest BCUT2D eigenvalue weighted by Gasteiger charge is -2.27. The van der Waals surface area contributed by atoms with Crippen molar-refractivity contribution in [2.45, 2.75) is 50.6 Å². The van der Waals surface area contributed by atoms with Crippen LogP contribution >= 0.6 is 0 Å². The Morgan fingerprint density at radius 2 is 2.15 bits per heavy atom. The summed E-state index contributed by atoms with van der Waals surface area (Å²) in [7, 11) is 5.66. The van der Waals surface area contributed by atoms with Crippen LogP contribution in [0.2, 0.25) is 0 Å². The molecular formula is C15H31N3O2. The van der Waals surface area contributed by atoms with Gasteiger partial charge in [0.25, 0.3) is 0 Å². The maximum atomic E-state index is 11.5. The first-order chi connectivity index (χ1) is 9.36. The molecule has 1 aliphatic heterocycles. The SMILES string of the molecule is COC(=O)C(C)(N)CCCCN1CCCC1CN(C)C. The summed E-state index contributed by atoms with van der Waals surface area (Å²) in [6.45, 7) is 5.20. The number of nitrogens with two attached hydrogens (primary N) is 1. The van der Waals surface area contributed by atoms with Gasteiger partial charge in [-0.1, -0.05) is 0 Å². The van der Waals surface area contributed by atoms with E-state index in [2.05, 4.69) is 23.9 Å². The summed E-state index contributed by atoms with van der Waals surface area (Å²) in [5.74, 6) is -0.316. The van der Waals surface area contributed by atoms with Gasteiger partial charge in [0.2, 0.25) is 0 Å². The highest BCUT2D eigenvalue weighted by Gasteiger charge is 2.29. The number of likely N-dealkylation sites (tertiary alicyclic amines) is 1. The first-order valence-electron chi connectivity index (χ1n) is 7.63. The standard InChI is InChI=1S/C15H31N3O2/c1-15(16,14(19)20-4)9-5-6-10-18-11-7-8-13(18)12-17(2)3/h13H,5-12,16H2,1-4H3. The second-order valence-electron chi connectivity index (χ2n) is 6.46. The van der Waals surface area contributed by atoms with E-state index in [0.29, 0.717) is 12.5 Å². The van der Waals surface area contributed by atoms with E-state index in [1.807, 2.05) is 0 Å². The zero-order valence-corrected chi connectivity index (χ0v) is 13.5. The zero-order valence-electron chi connectivity index (χ0n) is 13.5. The van der Waals surface area contributed by atoms with Crippen LogP contribution < -0.4 is 5.73 Å². The number of methoxy groups -OCH3 is 1. The van der Waals surface area contributed by atoms with Gasteiger partial charge in [-0.3, -0.25) is 9.69 Å². The Hall–Kier alpha value is -0.650. The number of likely N-dealkylation sites (N-methyl/N-ethyl adjacent to an activating group) is 1. The normalized spacial score (nSPS) is 23.0. The Bertz CT molecular complexity index is 305. The predicted octanol–water partition coefficient (Wildman–Crippen LogP) is 1.07. The summed E-state index contributed by atoms with van der Waals surface area (Å²) in [6, 6.07) is 0.690. The molecule has 1 heterocycles. The van der Waals surface area contributed by atoms with Crippen molar-refractivity contribution in [2.75, 3.05) is 40.8 Å². The molecule has 5 heteroatoms. The van der Waals surface area contributed by atoms with Crippen molar-refractivity contribution in [3.05, 3.63) is 0 Å². The van der Waals surface area contributed by atoms with Crippen LogP contribution in [0.3, 0.4) is 0 Å². The number of hydrogen-bond donors (Lipinski definition) is 1. The number of nitrogens with zero attached hydrogens (tertiary/aromatic N) is 2. The third kappa shape index (κ3) is 5.38. The molecule has 2 atom stereocenters. The molecule has 2 unspecified atom stereocenters. The Morgan fingerprint density at radius 1 is 1.45 bits per heavy atom. The molecule has 5 nitrogen and oxygen atoms in total. The number of carbonyl (C=O) groups is 1. The lowest BCUT2D eigenvalue weighted by molar-refractivity contribution is -0.146. The lowest BCUT2D eigenvalue weighted by Crippen LogP contribution is -2.45. The monoisotopic (exact) mass is 285 g/mol. The summed E-state index contributed by atoms with van der Waals surface area (Å²) in [5, 5.41) is 0. The topological polar surface area (TPSA) is 58.8 Å². The van der Waals surface area contributed by atoms with E-state index < -0.39 is 5.54 Å². The molecule has 1 saturated heterocycles. The Morgan fingerprint density at radius 3 is 2.75 bits per heavy atom. The van der Waals surface area contributed by atoms with Gasteiger partial charge in [-0.2, -0.15) is 0 Å². The third-order valence-electron chi connectivity index (χ3n) is 4.12. The van der Waals surface area contributed by atoms with Gasteiger partial charge in [-0.05, 0) is 66.2 Å². The molecule has 0 aromatic rings. The van der Waals surface area contributed by atoms with E-state index >= 15 is 0 Å². The van der Waals surface area contributed by atoms with E-state index in [-0.39, 0.29) is 5.97 Å². The number of unbranched alkanes of at least 4 members (excludes halogenated alkanes) is 1. The molecule has 0 aromatic carbocycles. The molecule has 0 aliphatic carbocycles. The zero-order chi connectivity index (χ0) is 15.2. The summed E-state index contributed by atoms with van der Waals surface area (Å²) >= 11 is 0. The molecule has 118 valence electrons. The van der Waals surface area contributed by atoms with Crippen molar-refractivity contribution in [1.29, 1.82) is 0 Å². The van der Waals surface area contributed by atoms with Crippen LogP contribution in [0, 0.1) is 0 Å². The van der Waals surface area contributed by atoms with Gasteiger partial charge in [0, 0.05) is 12.6 Å². The van der Waals surface area contributed by atoms with Gasteiger partial charge in [-0.25, -0.2) is 0 Å². The minimum atomic E-state index is -0.844. The fourth-order valence-electron chi connectivity index (χ4n) is 2.96. The maximum absolute atomic E-state index is 11.5. The predicted molar refractivity (Wildman–Crippen MR) is 81.6 cm³/mol. The van der Waals surface area contributed by atoms with E-state index in [9.17, 15) is 4.79 Å². The molecule has 1 rings (SSSR count). The van der Waals surface area contributed by atoms with Crippen LogP contribution in [0.15, 0.2) is 0 Å². The molecule has 0 amide bonds. The number of esters is 1. The van der Waals surface area contributed by atoms with Crippen LogP contribution in [-0.4, -0.2) is 68.2 Å². The highest BCUT2D eigenvalue weighted by atomic mass is 16.5. The van der Waals surface area contributed by atoms with Gasteiger partial charge in [0.05, 0.1) is 7.11 Å². The molecule has 1 aliphatic rings. The minimum absolute atomic E-state index is 0.316. The molecule has 0 saturated carbocycles. The average molecular weight is 285 g/mol. The van der Waals surface area contributed by atoms with Crippen molar-refractivity contribution in [3.8, 4) is 0 Å². The summed E-state index contributed by atoms with van der Waals surface area (Å²) < 4.78 is 4.73. The van der Waals surface area contributed by atoms with Gasteiger partial charge in [-0.15, -0.1) is 0 Å². The first kappa shape index (κ1) is 17.4. The average Bonchev–Trinajstić information content (AvgIpc) is 2.80. The number of carbonyl (C=O) groups excluding carboxylic acids is 1. The Balaban J connectivity index is 2.25. The highest BCUT2D eigenvalue weighted by Crippen LogP contribution is 2.19. The second kappa shape index (κ2) is 7.96. The molecular weight excluding hydrogens is 254 g/mol. The van der Waals surface area contributed by atoms with Crippen LogP contribution in [0.1, 0.15) is 39.0 Å². The fourth-order valence-corrected chi connectivity index (χ4v) is 2.96. The quantitative estimate of drug-likeness (QED) is 0.534. The largest absolute Gasteiger partial charge is 0.468 e. The second-order valence-corrected chi connectivity index (χ2v) is 6.46. The van der Waals surface area contributed by atoms with Crippen LogP contribution in [0.5, 0.6) is 0 Å². The Kier molecular flexibility index (Phi) is 6.92. The number of rotatable bonds is 8. The molecule has 0 bridgehead atoms. The maximum Gasteiger partial charge on any atom is 0.325 e. The Labute approximate surface area is 123 Å². The van der Waals surface area contributed by atoms with Crippen LogP contribution in [0.4, 0.5) is 0 Å². The molecule has 0 aromatic heterocycles. The van der Waals surface area contributed by atoms with Crippen LogP contribution in [-0.2, 0) is 9.53 Å². The molecule has 2 N–H and O–H groups in total. The van der Waals surface area contributed by atoms with E-state index in [0.717, 1.165) is 25.9 Å². The van der Waals surface area contributed by atoms with Gasteiger partial charge in [0.15, 0.2) is 0 Å². The summed E-state index contributed by atoms with van der Waals surface area (Å²) in [6.07, 6.45) is 5.34. The number of ether oxygens (including phenoxy) is 1. The third-order valence-corrected chi connectivity index (χ3v) is 4.12. The lowest BCUT2D eigenvalue weighted by atomic mass is 9.96. The van der Waals surface area contributed by atoms with Crippen LogP contribution in [0.25, 0.3) is 0 Å². The summed E-state index contributed by atoms with van der Waals surface area (Å²) in [5.41, 5.74) is 5.12. The molecule has 1 fully saturated rings. The van der Waals surface area contributed by atoms with E-state index in [1.54, 1.807) is 6.92 Å². The fraction of sp³-hybridized carbons (Fsp3) is 0.933. The van der Waals surface area contributed by atoms with Gasteiger partial charge >= 0.3 is 5.97 Å². The van der Waals surface area contributed by atoms with Crippen molar-refractivity contribution in [3.63, 3.8) is 0 Å². The van der Waals surface area contributed by atoms with Crippen molar-refractivity contribution in [1.82, 2.24) is 9.80 Å². The van der Waals surface area contributed by atoms with Crippen molar-refractivity contribution >= 4 is 5.97 Å². The highest BCUT2D eigenvalue weighted by molar-refractivity contribution is 5.79. The molecule has 0 spiro atoms. The van der Waals surface area contributed by atoms with Gasteiger partial charge in [0.1, 0.15) is 5.54 Å². The van der Waals surface area contributed by atoms with E-state index in [1.165, 1.54) is 26.5 Å². The van der Waals surface area contributed by atoms with Crippen molar-refractivity contribution in [2.24, 2.45) is 5.73 Å². The van der Waals surface area contributed by atoms with E-state index in [4.69, 9.17) is 10.5 Å². The first-order valence-corrected chi connectivity index (χ1v) is 7.63. The molecule has 20 heavy (non-hydrogen) atoms. The minimum Gasteiger partial charge on any atom is -0.468 e. The molecule has 0 radical (unpaired) electrons. The summed E-state index contributed by atoms with van der Waals surface area (Å²) in [4.78, 5) is 16.3. The smallest absolute Gasteiger partial charge is 0.325 e. The van der Waals surface area contributed by atoms with Gasteiger partial charge < -0.3 is 15.4 Å². The van der Waals surface area contributed by atoms with Crippen molar-refractivity contribution < 1.29 is 9.53 Å². The number of hydrogen-bond acceptors (Lipinski definition) is 5.